The molecule has 0 saturated carbocycles. The number of amides is 2. The van der Waals surface area contributed by atoms with Gasteiger partial charge in [-0.3, -0.25) is 19.1 Å². The summed E-state index contributed by atoms with van der Waals surface area (Å²) in [5.74, 6) is 1.74. The molecular formula is C28H30N8O3. The van der Waals surface area contributed by atoms with Crippen LogP contribution in [0.4, 0.5) is 5.82 Å². The molecule has 4 heterocycles. The Labute approximate surface area is 226 Å². The second-order valence-electron chi connectivity index (χ2n) is 9.31. The third kappa shape index (κ3) is 6.20. The van der Waals surface area contributed by atoms with E-state index in [-0.39, 0.29) is 24.3 Å². The van der Waals surface area contributed by atoms with Gasteiger partial charge in [-0.15, -0.1) is 0 Å². The van der Waals surface area contributed by atoms with Crippen molar-refractivity contribution in [2.45, 2.75) is 25.9 Å². The van der Waals surface area contributed by atoms with Crippen molar-refractivity contribution in [1.82, 2.24) is 34.7 Å². The molecule has 1 N–H and O–H groups in total. The van der Waals surface area contributed by atoms with E-state index in [9.17, 15) is 9.59 Å². The van der Waals surface area contributed by atoms with Gasteiger partial charge in [0.25, 0.3) is 5.91 Å². The second-order valence-corrected chi connectivity index (χ2v) is 9.31. The highest BCUT2D eigenvalue weighted by Gasteiger charge is 2.33. The molecule has 1 aliphatic heterocycles. The molecule has 0 bridgehead atoms. The van der Waals surface area contributed by atoms with Crippen molar-refractivity contribution in [3.05, 3.63) is 90.4 Å². The van der Waals surface area contributed by atoms with Crippen LogP contribution in [0.15, 0.2) is 73.6 Å². The number of carbonyl (C=O) groups is 2. The number of rotatable bonds is 8. The van der Waals surface area contributed by atoms with Gasteiger partial charge in [-0.1, -0.05) is 12.1 Å². The fourth-order valence-electron chi connectivity index (χ4n) is 4.59. The van der Waals surface area contributed by atoms with Gasteiger partial charge in [-0.05, 0) is 36.8 Å². The fourth-order valence-corrected chi connectivity index (χ4v) is 4.59. The van der Waals surface area contributed by atoms with Gasteiger partial charge in [0.05, 0.1) is 18.7 Å². The van der Waals surface area contributed by atoms with Crippen LogP contribution in [0.2, 0.25) is 0 Å². The average molecular weight is 527 g/mol. The van der Waals surface area contributed by atoms with Crippen LogP contribution in [0.25, 0.3) is 5.95 Å². The van der Waals surface area contributed by atoms with Gasteiger partial charge in [0.15, 0.2) is 0 Å². The molecule has 1 unspecified atom stereocenters. The van der Waals surface area contributed by atoms with E-state index in [0.29, 0.717) is 43.5 Å². The van der Waals surface area contributed by atoms with E-state index >= 15 is 0 Å². The number of imidazole rings is 1. The van der Waals surface area contributed by atoms with Gasteiger partial charge >= 0.3 is 0 Å². The molecule has 1 saturated heterocycles. The molecule has 0 aliphatic carbocycles. The largest absolute Gasteiger partial charge is 0.497 e. The summed E-state index contributed by atoms with van der Waals surface area (Å²) in [6, 6.07) is 12.7. The van der Waals surface area contributed by atoms with Crippen LogP contribution < -0.4 is 15.0 Å². The van der Waals surface area contributed by atoms with Crippen LogP contribution in [0, 0.1) is 6.92 Å². The van der Waals surface area contributed by atoms with Crippen LogP contribution in [0.5, 0.6) is 5.75 Å². The van der Waals surface area contributed by atoms with E-state index < -0.39 is 0 Å². The SMILES string of the molecule is COc1ccc(CNC(=O)CC2CN(C(=O)c3cccnc3)CCN2c2cc(C)nc(-n3ccnc3)n2)cc1. The molecule has 0 spiro atoms. The van der Waals surface area contributed by atoms with E-state index in [1.165, 1.54) is 0 Å². The molecule has 1 fully saturated rings. The Morgan fingerprint density at radius 2 is 1.92 bits per heavy atom. The van der Waals surface area contributed by atoms with E-state index in [0.717, 1.165) is 17.0 Å². The first kappa shape index (κ1) is 25.8. The maximum atomic E-state index is 13.2. The molecule has 1 aliphatic rings. The number of benzene rings is 1. The molecule has 11 nitrogen and oxygen atoms in total. The summed E-state index contributed by atoms with van der Waals surface area (Å²) in [6.45, 7) is 3.67. The summed E-state index contributed by atoms with van der Waals surface area (Å²) >= 11 is 0. The van der Waals surface area contributed by atoms with Gasteiger partial charge in [0.2, 0.25) is 11.9 Å². The quantitative estimate of drug-likeness (QED) is 0.372. The lowest BCUT2D eigenvalue weighted by Crippen LogP contribution is -2.56. The van der Waals surface area contributed by atoms with Crippen molar-refractivity contribution >= 4 is 17.6 Å². The zero-order valence-electron chi connectivity index (χ0n) is 21.9. The minimum Gasteiger partial charge on any atom is -0.497 e. The lowest BCUT2D eigenvalue weighted by molar-refractivity contribution is -0.121. The molecule has 3 aromatic heterocycles. The summed E-state index contributed by atoms with van der Waals surface area (Å²) in [7, 11) is 1.62. The summed E-state index contributed by atoms with van der Waals surface area (Å²) in [4.78, 5) is 47.7. The summed E-state index contributed by atoms with van der Waals surface area (Å²) in [5.41, 5.74) is 2.28. The first-order valence-corrected chi connectivity index (χ1v) is 12.7. The van der Waals surface area contributed by atoms with Gasteiger partial charge in [-0.2, -0.15) is 4.98 Å². The number of carbonyl (C=O) groups excluding carboxylic acids is 2. The van der Waals surface area contributed by atoms with Crippen LogP contribution in [0.3, 0.4) is 0 Å². The van der Waals surface area contributed by atoms with E-state index in [1.54, 1.807) is 59.8 Å². The summed E-state index contributed by atoms with van der Waals surface area (Å²) in [6.07, 6.45) is 8.50. The lowest BCUT2D eigenvalue weighted by atomic mass is 10.1. The Morgan fingerprint density at radius 3 is 2.64 bits per heavy atom. The maximum Gasteiger partial charge on any atom is 0.255 e. The molecule has 39 heavy (non-hydrogen) atoms. The van der Waals surface area contributed by atoms with Crippen molar-refractivity contribution in [2.24, 2.45) is 0 Å². The number of aryl methyl sites for hydroxylation is 1. The predicted octanol–water partition coefficient (Wildman–Crippen LogP) is 2.41. The molecule has 2 amide bonds. The summed E-state index contributed by atoms with van der Waals surface area (Å²) < 4.78 is 6.95. The smallest absolute Gasteiger partial charge is 0.255 e. The highest BCUT2D eigenvalue weighted by molar-refractivity contribution is 5.94. The van der Waals surface area contributed by atoms with Crippen molar-refractivity contribution in [1.29, 1.82) is 0 Å². The minimum atomic E-state index is -0.292. The monoisotopic (exact) mass is 526 g/mol. The Kier molecular flexibility index (Phi) is 7.76. The second kappa shape index (κ2) is 11.7. The van der Waals surface area contributed by atoms with Crippen LogP contribution >= 0.6 is 0 Å². The number of aromatic nitrogens is 5. The number of nitrogens with zero attached hydrogens (tertiary/aromatic N) is 7. The van der Waals surface area contributed by atoms with Crippen LogP contribution in [-0.4, -0.2) is 74.0 Å². The summed E-state index contributed by atoms with van der Waals surface area (Å²) in [5, 5.41) is 3.01. The molecule has 1 aromatic carbocycles. The highest BCUT2D eigenvalue weighted by Crippen LogP contribution is 2.23. The van der Waals surface area contributed by atoms with Crippen LogP contribution in [-0.2, 0) is 11.3 Å². The maximum absolute atomic E-state index is 13.2. The fraction of sp³-hybridized carbons (Fsp3) is 0.286. The first-order valence-electron chi connectivity index (χ1n) is 12.7. The van der Waals surface area contributed by atoms with Crippen LogP contribution in [0.1, 0.15) is 28.0 Å². The van der Waals surface area contributed by atoms with Crippen molar-refractivity contribution < 1.29 is 14.3 Å². The van der Waals surface area contributed by atoms with Crippen molar-refractivity contribution in [2.75, 3.05) is 31.6 Å². The van der Waals surface area contributed by atoms with Crippen molar-refractivity contribution in [3.8, 4) is 11.7 Å². The number of piperazine rings is 1. The molecular weight excluding hydrogens is 496 g/mol. The van der Waals surface area contributed by atoms with Gasteiger partial charge < -0.3 is 19.9 Å². The highest BCUT2D eigenvalue weighted by atomic mass is 16.5. The standard InChI is InChI=1S/C28H30N8O3/c1-20-14-25(33-28(32-20)35-11-10-30-19-35)36-13-12-34(27(38)22-4-3-9-29-17-22)18-23(36)15-26(37)31-16-21-5-7-24(39-2)8-6-21/h3-11,14,17,19,23H,12-13,15-16,18H2,1-2H3,(H,31,37). The molecule has 4 aromatic rings. The zero-order valence-corrected chi connectivity index (χ0v) is 21.9. The predicted molar refractivity (Wildman–Crippen MR) is 145 cm³/mol. The van der Waals surface area contributed by atoms with E-state index in [1.807, 2.05) is 37.3 Å². The first-order chi connectivity index (χ1) is 19.0. The number of methoxy groups -OCH3 is 1. The number of nitrogens with one attached hydrogen (secondary N) is 1. The third-order valence-corrected chi connectivity index (χ3v) is 6.61. The Hall–Kier alpha value is -4.80. The zero-order chi connectivity index (χ0) is 27.2. The Bertz CT molecular complexity index is 1410. The number of pyridine rings is 1. The minimum absolute atomic E-state index is 0.107. The van der Waals surface area contributed by atoms with E-state index in [4.69, 9.17) is 9.72 Å². The number of anilines is 1. The number of ether oxygens (including phenoxy) is 1. The lowest BCUT2D eigenvalue weighted by Gasteiger charge is -2.42. The molecule has 1 atom stereocenters. The molecule has 11 heteroatoms. The van der Waals surface area contributed by atoms with Gasteiger partial charge in [0.1, 0.15) is 17.9 Å². The Balaban J connectivity index is 1.36. The number of hydrogen-bond acceptors (Lipinski definition) is 8. The van der Waals surface area contributed by atoms with Gasteiger partial charge in [0, 0.05) is 69.1 Å². The average Bonchev–Trinajstić information content (AvgIpc) is 3.51. The molecule has 200 valence electrons. The molecule has 0 radical (unpaired) electrons. The topological polar surface area (TPSA) is 118 Å². The van der Waals surface area contributed by atoms with E-state index in [2.05, 4.69) is 25.2 Å². The Morgan fingerprint density at radius 1 is 1.08 bits per heavy atom. The number of hydrogen-bond donors (Lipinski definition) is 1. The van der Waals surface area contributed by atoms with Gasteiger partial charge in [-0.25, -0.2) is 9.97 Å². The van der Waals surface area contributed by atoms with Crippen molar-refractivity contribution in [3.63, 3.8) is 0 Å². The molecule has 5 rings (SSSR count). The third-order valence-electron chi connectivity index (χ3n) is 6.61. The normalized spacial score (nSPS) is 15.2.